The summed E-state index contributed by atoms with van der Waals surface area (Å²) in [5.41, 5.74) is 2.71. The van der Waals surface area contributed by atoms with E-state index in [9.17, 15) is 0 Å². The highest BCUT2D eigenvalue weighted by molar-refractivity contribution is 7.13. The first-order valence-corrected chi connectivity index (χ1v) is 7.41. The van der Waals surface area contributed by atoms with E-state index in [1.165, 1.54) is 11.3 Å². The minimum atomic E-state index is 0.468. The Kier molecular flexibility index (Phi) is 3.50. The first-order valence-electron chi connectivity index (χ1n) is 6.15. The summed E-state index contributed by atoms with van der Waals surface area (Å²) >= 11 is 7.30. The van der Waals surface area contributed by atoms with E-state index in [4.69, 9.17) is 11.6 Å². The molecule has 5 nitrogen and oxygen atoms in total. The average Bonchev–Trinajstić information content (AvgIpc) is 3.06. The Bertz CT molecular complexity index is 749. The molecular formula is C13H12ClN5S. The zero-order chi connectivity index (χ0) is 14.1. The molecule has 0 bridgehead atoms. The minimum Gasteiger partial charge on any atom is -0.272 e. The molecule has 3 rings (SSSR count). The highest BCUT2D eigenvalue weighted by Crippen LogP contribution is 2.25. The second-order valence-electron chi connectivity index (χ2n) is 4.28. The molecule has 3 aromatic heterocycles. The van der Waals surface area contributed by atoms with Gasteiger partial charge in [0, 0.05) is 29.4 Å². The Morgan fingerprint density at radius 2 is 2.15 bits per heavy atom. The van der Waals surface area contributed by atoms with Crippen LogP contribution in [-0.2, 0) is 6.54 Å². The summed E-state index contributed by atoms with van der Waals surface area (Å²) in [6.07, 6.45) is 3.78. The van der Waals surface area contributed by atoms with Gasteiger partial charge >= 0.3 is 0 Å². The van der Waals surface area contributed by atoms with Gasteiger partial charge in [-0.2, -0.15) is 5.10 Å². The van der Waals surface area contributed by atoms with Gasteiger partial charge in [0.05, 0.1) is 11.9 Å². The molecular weight excluding hydrogens is 294 g/mol. The Morgan fingerprint density at radius 1 is 1.30 bits per heavy atom. The van der Waals surface area contributed by atoms with Crippen LogP contribution in [0.5, 0.6) is 0 Å². The predicted molar refractivity (Wildman–Crippen MR) is 79.8 cm³/mol. The van der Waals surface area contributed by atoms with Gasteiger partial charge in [0.25, 0.3) is 0 Å². The minimum absolute atomic E-state index is 0.468. The summed E-state index contributed by atoms with van der Waals surface area (Å²) in [5.74, 6) is 0.598. The van der Waals surface area contributed by atoms with E-state index < -0.39 is 0 Å². The number of hydrogen-bond donors (Lipinski definition) is 0. The molecule has 0 atom stereocenters. The van der Waals surface area contributed by atoms with Crippen molar-refractivity contribution in [2.75, 3.05) is 0 Å². The number of aryl methyl sites for hydroxylation is 2. The van der Waals surface area contributed by atoms with Crippen molar-refractivity contribution >= 4 is 22.9 Å². The summed E-state index contributed by atoms with van der Waals surface area (Å²) < 4.78 is 1.87. The molecule has 0 amide bonds. The maximum Gasteiger partial charge on any atom is 0.189 e. The van der Waals surface area contributed by atoms with Crippen molar-refractivity contribution in [2.45, 2.75) is 20.4 Å². The number of rotatable bonds is 3. The molecule has 0 aromatic carbocycles. The number of halogens is 1. The Morgan fingerprint density at radius 3 is 2.80 bits per heavy atom. The lowest BCUT2D eigenvalue weighted by Crippen LogP contribution is -1.95. The first kappa shape index (κ1) is 13.2. The van der Waals surface area contributed by atoms with Gasteiger partial charge in [-0.15, -0.1) is 11.3 Å². The lowest BCUT2D eigenvalue weighted by molar-refractivity contribution is 0.660. The highest BCUT2D eigenvalue weighted by Gasteiger charge is 2.11. The summed E-state index contributed by atoms with van der Waals surface area (Å²) in [4.78, 5) is 13.2. The van der Waals surface area contributed by atoms with Gasteiger partial charge in [-0.05, 0) is 19.9 Å². The smallest absolute Gasteiger partial charge is 0.189 e. The van der Waals surface area contributed by atoms with Gasteiger partial charge in [-0.25, -0.2) is 15.0 Å². The SMILES string of the molecule is CCn1cc(-c2cc(C)nc(-c3nc(Cl)cs3)n2)cn1. The van der Waals surface area contributed by atoms with Crippen LogP contribution in [0.1, 0.15) is 12.6 Å². The van der Waals surface area contributed by atoms with Crippen molar-refractivity contribution in [3.8, 4) is 22.1 Å². The van der Waals surface area contributed by atoms with Gasteiger partial charge in [0.15, 0.2) is 10.8 Å². The van der Waals surface area contributed by atoms with E-state index in [0.717, 1.165) is 28.5 Å². The fourth-order valence-electron chi connectivity index (χ4n) is 1.84. The number of hydrogen-bond acceptors (Lipinski definition) is 5. The molecule has 0 saturated heterocycles. The molecule has 3 aromatic rings. The molecule has 0 aliphatic carbocycles. The number of aromatic nitrogens is 5. The molecule has 0 unspecified atom stereocenters. The average molecular weight is 306 g/mol. The molecule has 0 spiro atoms. The van der Waals surface area contributed by atoms with Gasteiger partial charge in [-0.3, -0.25) is 4.68 Å². The third-order valence-corrected chi connectivity index (χ3v) is 3.94. The Labute approximate surface area is 125 Å². The first-order chi connectivity index (χ1) is 9.65. The number of nitrogens with zero attached hydrogens (tertiary/aromatic N) is 5. The maximum absolute atomic E-state index is 5.86. The van der Waals surface area contributed by atoms with Crippen LogP contribution in [0.4, 0.5) is 0 Å². The third kappa shape index (κ3) is 2.57. The Balaban J connectivity index is 2.06. The van der Waals surface area contributed by atoms with Crippen LogP contribution >= 0.6 is 22.9 Å². The fourth-order valence-corrected chi connectivity index (χ4v) is 2.72. The van der Waals surface area contributed by atoms with Crippen LogP contribution in [0.3, 0.4) is 0 Å². The molecule has 102 valence electrons. The van der Waals surface area contributed by atoms with Crippen LogP contribution < -0.4 is 0 Å². The summed E-state index contributed by atoms with van der Waals surface area (Å²) in [5, 5.41) is 7.24. The van der Waals surface area contributed by atoms with Crippen LogP contribution in [-0.4, -0.2) is 24.7 Å². The van der Waals surface area contributed by atoms with E-state index in [2.05, 4.69) is 20.1 Å². The standard InChI is InChI=1S/C13H12ClN5S/c1-3-19-6-9(5-15-19)10-4-8(2)16-12(17-10)13-18-11(14)7-20-13/h4-7H,3H2,1-2H3. The second-order valence-corrected chi connectivity index (χ2v) is 5.52. The van der Waals surface area contributed by atoms with Crippen molar-refractivity contribution < 1.29 is 0 Å². The monoisotopic (exact) mass is 305 g/mol. The molecule has 20 heavy (non-hydrogen) atoms. The van der Waals surface area contributed by atoms with Crippen molar-refractivity contribution in [2.24, 2.45) is 0 Å². The van der Waals surface area contributed by atoms with Gasteiger partial charge < -0.3 is 0 Å². The maximum atomic E-state index is 5.86. The normalized spacial score (nSPS) is 10.9. The van der Waals surface area contributed by atoms with E-state index in [1.54, 1.807) is 5.38 Å². The van der Waals surface area contributed by atoms with Crippen molar-refractivity contribution in [3.05, 3.63) is 34.7 Å². The van der Waals surface area contributed by atoms with Crippen LogP contribution in [0, 0.1) is 6.92 Å². The van der Waals surface area contributed by atoms with Crippen molar-refractivity contribution in [3.63, 3.8) is 0 Å². The Hall–Kier alpha value is -1.79. The lowest BCUT2D eigenvalue weighted by atomic mass is 10.2. The lowest BCUT2D eigenvalue weighted by Gasteiger charge is -2.02. The molecule has 7 heteroatoms. The van der Waals surface area contributed by atoms with Crippen molar-refractivity contribution in [1.82, 2.24) is 24.7 Å². The van der Waals surface area contributed by atoms with Gasteiger partial charge in [0.2, 0.25) is 0 Å². The van der Waals surface area contributed by atoms with E-state index in [1.807, 2.05) is 37.0 Å². The van der Waals surface area contributed by atoms with Gasteiger partial charge in [-0.1, -0.05) is 11.6 Å². The number of thiazole rings is 1. The largest absolute Gasteiger partial charge is 0.272 e. The summed E-state index contributed by atoms with van der Waals surface area (Å²) in [6.45, 7) is 4.82. The second kappa shape index (κ2) is 5.30. The zero-order valence-corrected chi connectivity index (χ0v) is 12.6. The quantitative estimate of drug-likeness (QED) is 0.743. The fraction of sp³-hybridized carbons (Fsp3) is 0.231. The highest BCUT2D eigenvalue weighted by atomic mass is 35.5. The van der Waals surface area contributed by atoms with Crippen molar-refractivity contribution in [1.29, 1.82) is 0 Å². The van der Waals surface area contributed by atoms with Crippen LogP contribution in [0.2, 0.25) is 5.15 Å². The molecule has 0 aliphatic rings. The van der Waals surface area contributed by atoms with Crippen LogP contribution in [0.25, 0.3) is 22.1 Å². The van der Waals surface area contributed by atoms with Gasteiger partial charge in [0.1, 0.15) is 5.15 Å². The van der Waals surface area contributed by atoms with E-state index >= 15 is 0 Å². The zero-order valence-electron chi connectivity index (χ0n) is 11.0. The van der Waals surface area contributed by atoms with E-state index in [0.29, 0.717) is 11.0 Å². The van der Waals surface area contributed by atoms with E-state index in [-0.39, 0.29) is 0 Å². The summed E-state index contributed by atoms with van der Waals surface area (Å²) in [6, 6.07) is 1.94. The molecule has 0 saturated carbocycles. The van der Waals surface area contributed by atoms with Crippen LogP contribution in [0.15, 0.2) is 23.8 Å². The third-order valence-electron chi connectivity index (χ3n) is 2.77. The predicted octanol–water partition coefficient (Wildman–Crippen LogP) is 3.45. The molecule has 0 aliphatic heterocycles. The molecule has 0 N–H and O–H groups in total. The summed E-state index contributed by atoms with van der Waals surface area (Å²) in [7, 11) is 0. The molecule has 3 heterocycles. The molecule has 0 radical (unpaired) electrons. The topological polar surface area (TPSA) is 56.5 Å². The molecule has 0 fully saturated rings.